The topological polar surface area (TPSA) is 78.9 Å². The lowest BCUT2D eigenvalue weighted by atomic mass is 10.00. The van der Waals surface area contributed by atoms with Crippen LogP contribution in [0.3, 0.4) is 0 Å². The summed E-state index contributed by atoms with van der Waals surface area (Å²) in [5.74, 6) is 1.65. The van der Waals surface area contributed by atoms with Crippen LogP contribution in [0.4, 0.5) is 0 Å². The Balaban J connectivity index is 4.28. The molecule has 0 saturated carbocycles. The Labute approximate surface area is 380 Å². The monoisotopic (exact) mass is 863 g/mol. The van der Waals surface area contributed by atoms with Crippen molar-refractivity contribution in [1.29, 1.82) is 0 Å². The van der Waals surface area contributed by atoms with E-state index in [0.29, 0.717) is 19.3 Å². The third-order valence-corrected chi connectivity index (χ3v) is 12.8. The number of rotatable bonds is 48. The van der Waals surface area contributed by atoms with Gasteiger partial charge >= 0.3 is 17.9 Å². The van der Waals surface area contributed by atoms with Crippen LogP contribution in [0.5, 0.6) is 0 Å². The van der Waals surface area contributed by atoms with Crippen molar-refractivity contribution in [3.8, 4) is 0 Å². The Morgan fingerprint density at radius 2 is 0.574 bits per heavy atom. The van der Waals surface area contributed by atoms with Gasteiger partial charge in [0.05, 0.1) is 0 Å². The van der Waals surface area contributed by atoms with Crippen LogP contribution in [0.25, 0.3) is 0 Å². The molecule has 0 aliphatic rings. The van der Waals surface area contributed by atoms with E-state index < -0.39 is 6.10 Å². The highest BCUT2D eigenvalue weighted by molar-refractivity contribution is 5.71. The molecule has 0 heterocycles. The molecule has 0 N–H and O–H groups in total. The standard InChI is InChI=1S/C55H106O6/c1-7-51(6)43-37-31-27-28-33-39-45-54(57)60-48-52(61-55(58)46-40-34-26-22-18-14-10-12-16-20-24-30-36-42-50(4)5)47-59-53(56)44-38-32-25-21-17-13-9-8-11-15-19-23-29-35-41-49(2)3/h49-52H,7-48H2,1-6H3/t51?,52-/m1/s1. The Morgan fingerprint density at radius 1 is 0.328 bits per heavy atom. The van der Waals surface area contributed by atoms with Gasteiger partial charge in [0.2, 0.25) is 0 Å². The summed E-state index contributed by atoms with van der Waals surface area (Å²) in [5, 5.41) is 0. The third-order valence-electron chi connectivity index (χ3n) is 12.8. The van der Waals surface area contributed by atoms with Gasteiger partial charge < -0.3 is 14.2 Å². The van der Waals surface area contributed by atoms with Crippen molar-refractivity contribution in [2.75, 3.05) is 13.2 Å². The third kappa shape index (κ3) is 47.7. The van der Waals surface area contributed by atoms with E-state index >= 15 is 0 Å². The lowest BCUT2D eigenvalue weighted by molar-refractivity contribution is -0.167. The minimum absolute atomic E-state index is 0.0647. The second-order valence-electron chi connectivity index (χ2n) is 20.1. The molecule has 0 aromatic carbocycles. The Morgan fingerprint density at radius 3 is 0.852 bits per heavy atom. The minimum Gasteiger partial charge on any atom is -0.462 e. The maximum absolute atomic E-state index is 12.8. The molecular weight excluding hydrogens is 757 g/mol. The summed E-state index contributed by atoms with van der Waals surface area (Å²) >= 11 is 0. The van der Waals surface area contributed by atoms with E-state index in [1.165, 1.54) is 180 Å². The van der Waals surface area contributed by atoms with Gasteiger partial charge in [-0.3, -0.25) is 14.4 Å². The highest BCUT2D eigenvalue weighted by Crippen LogP contribution is 2.18. The van der Waals surface area contributed by atoms with E-state index in [9.17, 15) is 14.4 Å². The van der Waals surface area contributed by atoms with Crippen LogP contribution in [0.2, 0.25) is 0 Å². The predicted molar refractivity (Wildman–Crippen MR) is 261 cm³/mol. The van der Waals surface area contributed by atoms with Crippen molar-refractivity contribution in [3.05, 3.63) is 0 Å². The maximum Gasteiger partial charge on any atom is 0.306 e. The van der Waals surface area contributed by atoms with Crippen molar-refractivity contribution in [2.45, 2.75) is 304 Å². The number of carbonyl (C=O) groups is 3. The molecule has 0 aromatic heterocycles. The lowest BCUT2D eigenvalue weighted by Crippen LogP contribution is -2.30. The van der Waals surface area contributed by atoms with E-state index in [4.69, 9.17) is 14.2 Å². The number of hydrogen-bond acceptors (Lipinski definition) is 6. The molecule has 61 heavy (non-hydrogen) atoms. The highest BCUT2D eigenvalue weighted by atomic mass is 16.6. The normalized spacial score (nSPS) is 12.6. The number of hydrogen-bond donors (Lipinski definition) is 0. The highest BCUT2D eigenvalue weighted by Gasteiger charge is 2.19. The summed E-state index contributed by atoms with van der Waals surface area (Å²) in [7, 11) is 0. The van der Waals surface area contributed by atoms with Crippen molar-refractivity contribution < 1.29 is 28.6 Å². The van der Waals surface area contributed by atoms with Gasteiger partial charge in [0.25, 0.3) is 0 Å². The molecule has 0 amide bonds. The van der Waals surface area contributed by atoms with E-state index in [1.807, 2.05) is 0 Å². The predicted octanol–water partition coefficient (Wildman–Crippen LogP) is 17.6. The lowest BCUT2D eigenvalue weighted by Gasteiger charge is -2.18. The first-order valence-electron chi connectivity index (χ1n) is 27.1. The number of ether oxygens (including phenoxy) is 3. The second kappa shape index (κ2) is 46.4. The molecule has 2 atom stereocenters. The molecule has 0 bridgehead atoms. The van der Waals surface area contributed by atoms with Crippen molar-refractivity contribution in [1.82, 2.24) is 0 Å². The van der Waals surface area contributed by atoms with Crippen LogP contribution in [0.1, 0.15) is 298 Å². The molecule has 1 unspecified atom stereocenters. The van der Waals surface area contributed by atoms with Crippen LogP contribution < -0.4 is 0 Å². The van der Waals surface area contributed by atoms with Gasteiger partial charge in [-0.1, -0.05) is 260 Å². The van der Waals surface area contributed by atoms with Gasteiger partial charge in [-0.25, -0.2) is 0 Å². The fraction of sp³-hybridized carbons (Fsp3) is 0.945. The van der Waals surface area contributed by atoms with E-state index in [2.05, 4.69) is 41.5 Å². The van der Waals surface area contributed by atoms with Crippen molar-refractivity contribution in [2.24, 2.45) is 17.8 Å². The van der Waals surface area contributed by atoms with Crippen LogP contribution in [-0.4, -0.2) is 37.2 Å². The van der Waals surface area contributed by atoms with Gasteiger partial charge in [0, 0.05) is 19.3 Å². The Kier molecular flexibility index (Phi) is 45.2. The van der Waals surface area contributed by atoms with Gasteiger partial charge in [-0.05, 0) is 37.0 Å². The first kappa shape index (κ1) is 59.4. The molecule has 0 saturated heterocycles. The largest absolute Gasteiger partial charge is 0.462 e. The second-order valence-corrected chi connectivity index (χ2v) is 20.1. The van der Waals surface area contributed by atoms with Crippen LogP contribution in [0, 0.1) is 17.8 Å². The number of unbranched alkanes of at least 4 members (excludes halogenated alkanes) is 30. The average molecular weight is 863 g/mol. The zero-order valence-electron chi connectivity index (χ0n) is 42.0. The summed E-state index contributed by atoms with van der Waals surface area (Å²) < 4.78 is 16.8. The Hall–Kier alpha value is -1.59. The molecule has 0 spiro atoms. The fourth-order valence-corrected chi connectivity index (χ4v) is 8.26. The SMILES string of the molecule is CCC(C)CCCCCCCCC(=O)OC[C@@H](COC(=O)CCCCCCCCCCCCCCCCC(C)C)OC(=O)CCCCCCCCCCCCCCCC(C)C. The molecular formula is C55H106O6. The zero-order chi connectivity index (χ0) is 44.9. The molecule has 0 fully saturated rings. The van der Waals surface area contributed by atoms with Crippen molar-refractivity contribution >= 4 is 17.9 Å². The average Bonchev–Trinajstić information content (AvgIpc) is 3.23. The van der Waals surface area contributed by atoms with Gasteiger partial charge in [0.15, 0.2) is 6.10 Å². The van der Waals surface area contributed by atoms with Gasteiger partial charge in [0.1, 0.15) is 13.2 Å². The smallest absolute Gasteiger partial charge is 0.306 e. The molecule has 0 aliphatic heterocycles. The number of carbonyl (C=O) groups excluding carboxylic acids is 3. The van der Waals surface area contributed by atoms with E-state index in [0.717, 1.165) is 75.5 Å². The summed E-state index contributed by atoms with van der Waals surface area (Å²) in [6, 6.07) is 0. The molecule has 0 aromatic rings. The van der Waals surface area contributed by atoms with Gasteiger partial charge in [-0.2, -0.15) is 0 Å². The maximum atomic E-state index is 12.8. The molecule has 0 rings (SSSR count). The summed E-state index contributed by atoms with van der Waals surface area (Å²) in [6.07, 6.45) is 46.6. The first-order valence-corrected chi connectivity index (χ1v) is 27.1. The van der Waals surface area contributed by atoms with Crippen molar-refractivity contribution in [3.63, 3.8) is 0 Å². The molecule has 6 nitrogen and oxygen atoms in total. The quantitative estimate of drug-likeness (QED) is 0.0344. The Bertz CT molecular complexity index is 947. The summed E-state index contributed by atoms with van der Waals surface area (Å²) in [4.78, 5) is 38.0. The molecule has 6 heteroatoms. The van der Waals surface area contributed by atoms with E-state index in [-0.39, 0.29) is 31.1 Å². The van der Waals surface area contributed by atoms with Crippen LogP contribution in [-0.2, 0) is 28.6 Å². The summed E-state index contributed by atoms with van der Waals surface area (Å²) in [5.41, 5.74) is 0. The first-order chi connectivity index (χ1) is 29.6. The fourth-order valence-electron chi connectivity index (χ4n) is 8.26. The zero-order valence-corrected chi connectivity index (χ0v) is 42.0. The molecule has 0 radical (unpaired) electrons. The van der Waals surface area contributed by atoms with Crippen LogP contribution >= 0.6 is 0 Å². The molecule has 362 valence electrons. The molecule has 0 aliphatic carbocycles. The summed E-state index contributed by atoms with van der Waals surface area (Å²) in [6.45, 7) is 13.7. The van der Waals surface area contributed by atoms with Crippen LogP contribution in [0.15, 0.2) is 0 Å². The number of esters is 3. The minimum atomic E-state index is -0.763. The van der Waals surface area contributed by atoms with E-state index in [1.54, 1.807) is 0 Å². The van der Waals surface area contributed by atoms with Gasteiger partial charge in [-0.15, -0.1) is 0 Å².